The summed E-state index contributed by atoms with van der Waals surface area (Å²) in [6.07, 6.45) is 3.54. The van der Waals surface area contributed by atoms with E-state index >= 15 is 0 Å². The van der Waals surface area contributed by atoms with Gasteiger partial charge in [-0.25, -0.2) is 0 Å². The van der Waals surface area contributed by atoms with Crippen LogP contribution in [0.2, 0.25) is 0 Å². The molecule has 0 bridgehead atoms. The summed E-state index contributed by atoms with van der Waals surface area (Å²) in [7, 11) is 0. The van der Waals surface area contributed by atoms with Gasteiger partial charge in [-0.15, -0.1) is 0 Å². The van der Waals surface area contributed by atoms with Crippen molar-refractivity contribution in [2.45, 2.75) is 26.3 Å². The lowest BCUT2D eigenvalue weighted by atomic mass is 10.1. The third-order valence-electron chi connectivity index (χ3n) is 3.58. The molecule has 2 heterocycles. The molecule has 7 nitrogen and oxygen atoms in total. The zero-order valence-electron chi connectivity index (χ0n) is 13.5. The van der Waals surface area contributed by atoms with Gasteiger partial charge >= 0.3 is 0 Å². The van der Waals surface area contributed by atoms with Crippen molar-refractivity contribution in [1.82, 2.24) is 20.5 Å². The third kappa shape index (κ3) is 3.29. The molecule has 0 atom stereocenters. The van der Waals surface area contributed by atoms with Gasteiger partial charge in [-0.1, -0.05) is 18.2 Å². The number of aromatic nitrogens is 3. The van der Waals surface area contributed by atoms with E-state index < -0.39 is 0 Å². The van der Waals surface area contributed by atoms with Crippen molar-refractivity contribution >= 4 is 28.4 Å². The van der Waals surface area contributed by atoms with E-state index in [0.717, 1.165) is 16.5 Å². The Kier molecular flexibility index (Phi) is 4.33. The molecule has 24 heavy (non-hydrogen) atoms. The highest BCUT2D eigenvalue weighted by Gasteiger charge is 2.18. The van der Waals surface area contributed by atoms with E-state index in [1.165, 1.54) is 6.20 Å². The topological polar surface area (TPSA) is 103 Å². The number of amides is 2. The van der Waals surface area contributed by atoms with Gasteiger partial charge in [0.05, 0.1) is 12.1 Å². The highest BCUT2D eigenvalue weighted by Crippen LogP contribution is 2.19. The minimum absolute atomic E-state index is 0.0102. The Morgan fingerprint density at radius 2 is 2.00 bits per heavy atom. The molecule has 0 aliphatic heterocycles. The van der Waals surface area contributed by atoms with Crippen LogP contribution < -0.4 is 10.6 Å². The summed E-state index contributed by atoms with van der Waals surface area (Å²) in [6.45, 7) is 3.72. The lowest BCUT2D eigenvalue weighted by Crippen LogP contribution is -2.31. The van der Waals surface area contributed by atoms with Gasteiger partial charge in [-0.05, 0) is 25.5 Å². The first kappa shape index (κ1) is 15.8. The summed E-state index contributed by atoms with van der Waals surface area (Å²) in [5.74, 6) is -0.534. The van der Waals surface area contributed by atoms with E-state index in [1.54, 1.807) is 0 Å². The summed E-state index contributed by atoms with van der Waals surface area (Å²) in [5.41, 5.74) is 2.44. The predicted octanol–water partition coefficient (Wildman–Crippen LogP) is 2.21. The number of para-hydroxylation sites is 1. The fourth-order valence-corrected chi connectivity index (χ4v) is 2.53. The number of aromatic amines is 2. The molecule has 4 N–H and O–H groups in total. The summed E-state index contributed by atoms with van der Waals surface area (Å²) in [4.78, 5) is 27.5. The zero-order chi connectivity index (χ0) is 17.1. The van der Waals surface area contributed by atoms with Crippen molar-refractivity contribution in [3.8, 4) is 0 Å². The number of carbonyl (C=O) groups excluding carboxylic acids is 2. The average molecular weight is 325 g/mol. The van der Waals surface area contributed by atoms with Crippen LogP contribution >= 0.6 is 0 Å². The Balaban J connectivity index is 1.72. The maximum atomic E-state index is 12.3. The highest BCUT2D eigenvalue weighted by atomic mass is 16.2. The standard InChI is InChI=1S/C17H19N5O2/c1-10(2)20-17(24)16-14(9-19-22-16)21-15(23)7-11-8-18-13-6-4-3-5-12(11)13/h3-6,8-10,18H,7H2,1-2H3,(H,19,22)(H,20,24)(H,21,23). The predicted molar refractivity (Wildman–Crippen MR) is 91.8 cm³/mol. The Bertz CT molecular complexity index is 878. The Labute approximate surface area is 138 Å². The molecule has 0 radical (unpaired) electrons. The molecule has 124 valence electrons. The van der Waals surface area contributed by atoms with Crippen LogP contribution in [0, 0.1) is 0 Å². The van der Waals surface area contributed by atoms with Crippen molar-refractivity contribution in [2.75, 3.05) is 5.32 Å². The fourth-order valence-electron chi connectivity index (χ4n) is 2.53. The number of hydrogen-bond acceptors (Lipinski definition) is 3. The quantitative estimate of drug-likeness (QED) is 0.578. The summed E-state index contributed by atoms with van der Waals surface area (Å²) in [5, 5.41) is 13.0. The molecule has 1 aromatic carbocycles. The molecular formula is C17H19N5O2. The number of benzene rings is 1. The monoisotopic (exact) mass is 325 g/mol. The van der Waals surface area contributed by atoms with E-state index in [9.17, 15) is 9.59 Å². The van der Waals surface area contributed by atoms with Crippen LogP contribution in [-0.4, -0.2) is 33.0 Å². The molecule has 7 heteroatoms. The molecule has 0 aliphatic carbocycles. The van der Waals surface area contributed by atoms with Crippen LogP contribution in [0.4, 0.5) is 5.69 Å². The van der Waals surface area contributed by atoms with Gasteiger partial charge in [0.25, 0.3) is 5.91 Å². The van der Waals surface area contributed by atoms with Crippen molar-refractivity contribution in [1.29, 1.82) is 0 Å². The molecule has 0 spiro atoms. The highest BCUT2D eigenvalue weighted by molar-refractivity contribution is 6.03. The van der Waals surface area contributed by atoms with E-state index in [2.05, 4.69) is 25.8 Å². The van der Waals surface area contributed by atoms with Gasteiger partial charge in [0.1, 0.15) is 0 Å². The first-order valence-corrected chi connectivity index (χ1v) is 7.74. The molecule has 0 unspecified atom stereocenters. The van der Waals surface area contributed by atoms with E-state index in [1.807, 2.05) is 44.3 Å². The number of nitrogens with zero attached hydrogens (tertiary/aromatic N) is 1. The minimum Gasteiger partial charge on any atom is -0.361 e. The Morgan fingerprint density at radius 1 is 1.21 bits per heavy atom. The maximum absolute atomic E-state index is 12.3. The number of rotatable bonds is 5. The second-order valence-corrected chi connectivity index (χ2v) is 5.86. The zero-order valence-corrected chi connectivity index (χ0v) is 13.5. The largest absolute Gasteiger partial charge is 0.361 e. The van der Waals surface area contributed by atoms with Gasteiger partial charge in [0.2, 0.25) is 5.91 Å². The van der Waals surface area contributed by atoms with Crippen LogP contribution in [-0.2, 0) is 11.2 Å². The second-order valence-electron chi connectivity index (χ2n) is 5.86. The van der Waals surface area contributed by atoms with E-state index in [4.69, 9.17) is 0 Å². The van der Waals surface area contributed by atoms with Gasteiger partial charge in [-0.2, -0.15) is 5.10 Å². The molecule has 0 saturated heterocycles. The molecule has 0 fully saturated rings. The van der Waals surface area contributed by atoms with Crippen LogP contribution in [0.1, 0.15) is 29.9 Å². The van der Waals surface area contributed by atoms with E-state index in [0.29, 0.717) is 5.69 Å². The Morgan fingerprint density at radius 3 is 2.79 bits per heavy atom. The van der Waals surface area contributed by atoms with Crippen LogP contribution in [0.15, 0.2) is 36.7 Å². The summed E-state index contributed by atoms with van der Waals surface area (Å²) < 4.78 is 0. The lowest BCUT2D eigenvalue weighted by molar-refractivity contribution is -0.115. The minimum atomic E-state index is -0.325. The summed E-state index contributed by atoms with van der Waals surface area (Å²) >= 11 is 0. The number of nitrogens with one attached hydrogen (secondary N) is 4. The van der Waals surface area contributed by atoms with Gasteiger partial charge in [-0.3, -0.25) is 14.7 Å². The first-order valence-electron chi connectivity index (χ1n) is 7.74. The summed E-state index contributed by atoms with van der Waals surface area (Å²) in [6, 6.07) is 7.79. The first-order chi connectivity index (χ1) is 11.5. The molecule has 2 aromatic heterocycles. The number of anilines is 1. The molecule has 2 amide bonds. The second kappa shape index (κ2) is 6.57. The number of H-pyrrole nitrogens is 2. The van der Waals surface area contributed by atoms with Crippen LogP contribution in [0.25, 0.3) is 10.9 Å². The molecular weight excluding hydrogens is 306 g/mol. The third-order valence-corrected chi connectivity index (χ3v) is 3.58. The molecule has 0 saturated carbocycles. The van der Waals surface area contributed by atoms with E-state index in [-0.39, 0.29) is 30.0 Å². The smallest absolute Gasteiger partial charge is 0.274 e. The van der Waals surface area contributed by atoms with Gasteiger partial charge in [0, 0.05) is 29.3 Å². The molecule has 0 aliphatic rings. The molecule has 3 aromatic rings. The number of hydrogen-bond donors (Lipinski definition) is 4. The van der Waals surface area contributed by atoms with Gasteiger partial charge < -0.3 is 15.6 Å². The van der Waals surface area contributed by atoms with Gasteiger partial charge in [0.15, 0.2) is 5.69 Å². The van der Waals surface area contributed by atoms with Crippen molar-refractivity contribution in [2.24, 2.45) is 0 Å². The SMILES string of the molecule is CC(C)NC(=O)c1n[nH]cc1NC(=O)Cc1c[nH]c2ccccc12. The van der Waals surface area contributed by atoms with Crippen molar-refractivity contribution in [3.05, 3.63) is 47.9 Å². The average Bonchev–Trinajstić information content (AvgIpc) is 3.14. The Hall–Kier alpha value is -3.09. The van der Waals surface area contributed by atoms with Crippen LogP contribution in [0.5, 0.6) is 0 Å². The number of carbonyl (C=O) groups is 2. The lowest BCUT2D eigenvalue weighted by Gasteiger charge is -2.08. The van der Waals surface area contributed by atoms with Crippen molar-refractivity contribution < 1.29 is 9.59 Å². The fraction of sp³-hybridized carbons (Fsp3) is 0.235. The van der Waals surface area contributed by atoms with Crippen molar-refractivity contribution in [3.63, 3.8) is 0 Å². The number of fused-ring (bicyclic) bond motifs is 1. The molecule has 3 rings (SSSR count). The normalized spacial score (nSPS) is 11.0. The van der Waals surface area contributed by atoms with Crippen LogP contribution in [0.3, 0.4) is 0 Å². The maximum Gasteiger partial charge on any atom is 0.274 e.